The fraction of sp³-hybridized carbons (Fsp3) is 0.500. The lowest BCUT2D eigenvalue weighted by Crippen LogP contribution is -2.48. The van der Waals surface area contributed by atoms with Crippen LogP contribution in [0.2, 0.25) is 0 Å². The summed E-state index contributed by atoms with van der Waals surface area (Å²) < 4.78 is 6.35. The van der Waals surface area contributed by atoms with Crippen molar-refractivity contribution < 1.29 is 9.53 Å². The van der Waals surface area contributed by atoms with Crippen LogP contribution in [-0.2, 0) is 11.2 Å². The second-order valence-electron chi connectivity index (χ2n) is 7.15. The van der Waals surface area contributed by atoms with Crippen LogP contribution in [0.1, 0.15) is 53.2 Å². The summed E-state index contributed by atoms with van der Waals surface area (Å²) in [6.45, 7) is 5.29. The standard InChI is InChI=1S/C20H25N3O2/c1-3-16-13(2)19(22-21-16)20(24)23-11-17(14-7-5-4-6-8-14)25-18(12-23)15-9-10-15/h4-8,15,17-18H,3,9-12H2,1-2H3,(H,21,22). The van der Waals surface area contributed by atoms with E-state index >= 15 is 0 Å². The number of carbonyl (C=O) groups excluding carboxylic acids is 1. The van der Waals surface area contributed by atoms with Crippen molar-refractivity contribution in [3.63, 3.8) is 0 Å². The van der Waals surface area contributed by atoms with E-state index < -0.39 is 0 Å². The number of aromatic nitrogens is 2. The minimum Gasteiger partial charge on any atom is -0.366 e. The summed E-state index contributed by atoms with van der Waals surface area (Å²) in [5.74, 6) is 0.608. The first-order valence-corrected chi connectivity index (χ1v) is 9.21. The number of H-pyrrole nitrogens is 1. The number of amides is 1. The van der Waals surface area contributed by atoms with E-state index in [-0.39, 0.29) is 18.1 Å². The number of nitrogens with one attached hydrogen (secondary N) is 1. The summed E-state index contributed by atoms with van der Waals surface area (Å²) in [5, 5.41) is 7.29. The highest BCUT2D eigenvalue weighted by molar-refractivity contribution is 5.94. The quantitative estimate of drug-likeness (QED) is 0.930. The zero-order chi connectivity index (χ0) is 17.4. The fourth-order valence-electron chi connectivity index (χ4n) is 3.67. The summed E-state index contributed by atoms with van der Waals surface area (Å²) in [6.07, 6.45) is 3.33. The monoisotopic (exact) mass is 339 g/mol. The van der Waals surface area contributed by atoms with Crippen LogP contribution in [0.25, 0.3) is 0 Å². The second kappa shape index (κ2) is 6.64. The summed E-state index contributed by atoms with van der Waals surface area (Å²) in [4.78, 5) is 15.0. The van der Waals surface area contributed by atoms with Crippen LogP contribution in [0, 0.1) is 12.8 Å². The molecule has 0 radical (unpaired) electrons. The lowest BCUT2D eigenvalue weighted by Gasteiger charge is -2.38. The van der Waals surface area contributed by atoms with Crippen molar-refractivity contribution >= 4 is 5.91 Å². The van der Waals surface area contributed by atoms with Crippen molar-refractivity contribution in [3.05, 3.63) is 52.8 Å². The van der Waals surface area contributed by atoms with E-state index in [1.54, 1.807) is 0 Å². The van der Waals surface area contributed by atoms with Crippen LogP contribution >= 0.6 is 0 Å². The highest BCUT2D eigenvalue weighted by Crippen LogP contribution is 2.39. The van der Waals surface area contributed by atoms with Crippen molar-refractivity contribution in [2.24, 2.45) is 5.92 Å². The fourth-order valence-corrected chi connectivity index (χ4v) is 3.67. The molecule has 0 bridgehead atoms. The maximum absolute atomic E-state index is 13.1. The molecule has 1 aliphatic heterocycles. The van der Waals surface area contributed by atoms with Crippen LogP contribution in [-0.4, -0.2) is 40.2 Å². The largest absolute Gasteiger partial charge is 0.366 e. The molecule has 1 aliphatic carbocycles. The molecule has 0 spiro atoms. The molecule has 132 valence electrons. The first-order valence-electron chi connectivity index (χ1n) is 9.21. The predicted molar refractivity (Wildman–Crippen MR) is 95.4 cm³/mol. The molecular formula is C20H25N3O2. The molecule has 1 saturated heterocycles. The number of hydrogen-bond acceptors (Lipinski definition) is 3. The van der Waals surface area contributed by atoms with Crippen molar-refractivity contribution in [3.8, 4) is 0 Å². The number of carbonyl (C=O) groups is 1. The smallest absolute Gasteiger partial charge is 0.274 e. The highest BCUT2D eigenvalue weighted by Gasteiger charge is 2.40. The van der Waals surface area contributed by atoms with Crippen LogP contribution in [0.4, 0.5) is 0 Å². The predicted octanol–water partition coefficient (Wildman–Crippen LogP) is 3.27. The van der Waals surface area contributed by atoms with Gasteiger partial charge in [-0.05, 0) is 37.7 Å². The number of aromatic amines is 1. The van der Waals surface area contributed by atoms with Gasteiger partial charge in [0, 0.05) is 17.8 Å². The molecule has 2 heterocycles. The zero-order valence-electron chi connectivity index (χ0n) is 14.9. The summed E-state index contributed by atoms with van der Waals surface area (Å²) in [7, 11) is 0. The third-order valence-corrected chi connectivity index (χ3v) is 5.40. The van der Waals surface area contributed by atoms with Gasteiger partial charge in [0.2, 0.25) is 0 Å². The van der Waals surface area contributed by atoms with E-state index in [1.165, 1.54) is 12.8 Å². The Morgan fingerprint density at radius 3 is 2.68 bits per heavy atom. The van der Waals surface area contributed by atoms with Gasteiger partial charge < -0.3 is 9.64 Å². The van der Waals surface area contributed by atoms with E-state index in [9.17, 15) is 4.79 Å². The number of ether oxygens (including phenoxy) is 1. The molecule has 1 aromatic carbocycles. The Bertz CT molecular complexity index is 752. The average molecular weight is 339 g/mol. The lowest BCUT2D eigenvalue weighted by atomic mass is 10.0. The Balaban J connectivity index is 1.59. The molecule has 2 aromatic rings. The Hall–Kier alpha value is -2.14. The lowest BCUT2D eigenvalue weighted by molar-refractivity contribution is -0.0865. The third kappa shape index (κ3) is 3.21. The molecule has 5 nitrogen and oxygen atoms in total. The van der Waals surface area contributed by atoms with Crippen LogP contribution in [0.5, 0.6) is 0 Å². The molecule has 1 aromatic heterocycles. The first-order chi connectivity index (χ1) is 12.2. The van der Waals surface area contributed by atoms with Gasteiger partial charge >= 0.3 is 0 Å². The molecule has 4 rings (SSSR count). The van der Waals surface area contributed by atoms with E-state index in [2.05, 4.69) is 29.3 Å². The third-order valence-electron chi connectivity index (χ3n) is 5.40. The molecule has 2 fully saturated rings. The Labute approximate surface area is 148 Å². The van der Waals surface area contributed by atoms with Crippen LogP contribution in [0.3, 0.4) is 0 Å². The molecule has 2 unspecified atom stereocenters. The van der Waals surface area contributed by atoms with Gasteiger partial charge in [-0.2, -0.15) is 5.10 Å². The van der Waals surface area contributed by atoms with Gasteiger partial charge in [-0.1, -0.05) is 37.3 Å². The highest BCUT2D eigenvalue weighted by atomic mass is 16.5. The Morgan fingerprint density at radius 2 is 2.04 bits per heavy atom. The summed E-state index contributed by atoms with van der Waals surface area (Å²) in [6, 6.07) is 10.2. The van der Waals surface area contributed by atoms with Crippen molar-refractivity contribution in [2.45, 2.75) is 45.3 Å². The second-order valence-corrected chi connectivity index (χ2v) is 7.15. The number of nitrogens with zero attached hydrogens (tertiary/aromatic N) is 2. The maximum atomic E-state index is 13.1. The van der Waals surface area contributed by atoms with E-state index in [0.29, 0.717) is 24.7 Å². The Kier molecular flexibility index (Phi) is 4.34. The summed E-state index contributed by atoms with van der Waals surface area (Å²) >= 11 is 0. The molecule has 1 N–H and O–H groups in total. The van der Waals surface area contributed by atoms with Gasteiger partial charge in [0.05, 0.1) is 12.6 Å². The average Bonchev–Trinajstić information content (AvgIpc) is 3.44. The van der Waals surface area contributed by atoms with E-state index in [0.717, 1.165) is 23.2 Å². The van der Waals surface area contributed by atoms with Crippen molar-refractivity contribution in [2.75, 3.05) is 13.1 Å². The van der Waals surface area contributed by atoms with E-state index in [1.807, 2.05) is 30.0 Å². The molecule has 2 atom stereocenters. The summed E-state index contributed by atoms with van der Waals surface area (Å²) in [5.41, 5.74) is 3.70. The SMILES string of the molecule is CCc1[nH]nc(C(=O)N2CC(c3ccccc3)OC(C3CC3)C2)c1C. The number of rotatable bonds is 4. The van der Waals surface area contributed by atoms with Crippen LogP contribution < -0.4 is 0 Å². The van der Waals surface area contributed by atoms with E-state index in [4.69, 9.17) is 4.74 Å². The van der Waals surface area contributed by atoms with Crippen molar-refractivity contribution in [1.82, 2.24) is 15.1 Å². The zero-order valence-corrected chi connectivity index (χ0v) is 14.9. The number of hydrogen-bond donors (Lipinski definition) is 1. The normalized spacial score (nSPS) is 23.7. The van der Waals surface area contributed by atoms with Gasteiger partial charge in [-0.25, -0.2) is 0 Å². The minimum absolute atomic E-state index is 0.0170. The molecule has 5 heteroatoms. The molecule has 2 aliphatic rings. The number of aryl methyl sites for hydroxylation is 1. The first kappa shape index (κ1) is 16.3. The minimum atomic E-state index is -0.0607. The number of benzene rings is 1. The topological polar surface area (TPSA) is 58.2 Å². The maximum Gasteiger partial charge on any atom is 0.274 e. The van der Waals surface area contributed by atoms with Gasteiger partial charge in [0.25, 0.3) is 5.91 Å². The van der Waals surface area contributed by atoms with Crippen LogP contribution in [0.15, 0.2) is 30.3 Å². The molecular weight excluding hydrogens is 314 g/mol. The van der Waals surface area contributed by atoms with Crippen molar-refractivity contribution in [1.29, 1.82) is 0 Å². The van der Waals surface area contributed by atoms with Gasteiger partial charge in [0.1, 0.15) is 6.10 Å². The Morgan fingerprint density at radius 1 is 1.28 bits per heavy atom. The number of morpholine rings is 1. The molecule has 1 amide bonds. The van der Waals surface area contributed by atoms with Gasteiger partial charge in [-0.3, -0.25) is 9.89 Å². The molecule has 1 saturated carbocycles. The van der Waals surface area contributed by atoms with Gasteiger partial charge in [0.15, 0.2) is 5.69 Å². The van der Waals surface area contributed by atoms with Gasteiger partial charge in [-0.15, -0.1) is 0 Å². The molecule has 25 heavy (non-hydrogen) atoms.